The van der Waals surface area contributed by atoms with E-state index in [1.807, 2.05) is 29.2 Å². The van der Waals surface area contributed by atoms with E-state index in [0.717, 1.165) is 52.9 Å². The van der Waals surface area contributed by atoms with E-state index >= 15 is 0 Å². The SMILES string of the molecule is CC(C)(C)OC(=O)/C(N)=C/c1cc2ccc(N(CCO)CCOC(=O)CCCOCCOCCCCCCCl)cc2s1. The van der Waals surface area contributed by atoms with Crippen molar-refractivity contribution in [2.75, 3.05) is 63.5 Å². The maximum absolute atomic E-state index is 12.2. The Morgan fingerprint density at radius 2 is 1.69 bits per heavy atom. The van der Waals surface area contributed by atoms with Crippen molar-refractivity contribution in [3.05, 3.63) is 34.8 Å². The number of carbonyl (C=O) groups is 2. The topological polar surface area (TPSA) is 121 Å². The van der Waals surface area contributed by atoms with Gasteiger partial charge in [-0.2, -0.15) is 0 Å². The summed E-state index contributed by atoms with van der Waals surface area (Å²) in [7, 11) is 0. The van der Waals surface area contributed by atoms with Crippen LogP contribution in [0.1, 0.15) is 64.2 Å². The van der Waals surface area contributed by atoms with Crippen LogP contribution >= 0.6 is 22.9 Å². The van der Waals surface area contributed by atoms with Gasteiger partial charge in [0, 0.05) is 47.3 Å². The Balaban J connectivity index is 1.73. The molecule has 1 heterocycles. The Labute approximate surface area is 258 Å². The second-order valence-electron chi connectivity index (χ2n) is 10.8. The molecule has 0 atom stereocenters. The quantitative estimate of drug-likeness (QED) is 0.0801. The van der Waals surface area contributed by atoms with Gasteiger partial charge in [-0.15, -0.1) is 22.9 Å². The molecule has 0 bridgehead atoms. The molecule has 236 valence electrons. The molecule has 9 nitrogen and oxygen atoms in total. The zero-order valence-electron chi connectivity index (χ0n) is 25.2. The van der Waals surface area contributed by atoms with E-state index in [4.69, 9.17) is 36.3 Å². The molecule has 0 saturated heterocycles. The van der Waals surface area contributed by atoms with Gasteiger partial charge in [-0.1, -0.05) is 18.9 Å². The molecule has 0 radical (unpaired) electrons. The highest BCUT2D eigenvalue weighted by Crippen LogP contribution is 2.31. The molecule has 1 aromatic carbocycles. The van der Waals surface area contributed by atoms with Crippen molar-refractivity contribution < 1.29 is 33.6 Å². The molecular weight excluding hydrogens is 580 g/mol. The van der Waals surface area contributed by atoms with Crippen LogP contribution in [0.5, 0.6) is 0 Å². The lowest BCUT2D eigenvalue weighted by atomic mass is 10.2. The molecule has 0 aliphatic carbocycles. The van der Waals surface area contributed by atoms with Crippen LogP contribution in [0.2, 0.25) is 0 Å². The summed E-state index contributed by atoms with van der Waals surface area (Å²) < 4.78 is 22.8. The van der Waals surface area contributed by atoms with Crippen LogP contribution in [0.25, 0.3) is 16.2 Å². The normalized spacial score (nSPS) is 12.1. The third kappa shape index (κ3) is 14.7. The number of fused-ring (bicyclic) bond motifs is 1. The van der Waals surface area contributed by atoms with Crippen molar-refractivity contribution in [3.63, 3.8) is 0 Å². The number of esters is 2. The van der Waals surface area contributed by atoms with Crippen LogP contribution < -0.4 is 10.6 Å². The number of nitrogens with zero attached hydrogens (tertiary/aromatic N) is 1. The Morgan fingerprint density at radius 1 is 0.976 bits per heavy atom. The molecule has 0 spiro atoms. The lowest BCUT2D eigenvalue weighted by Gasteiger charge is -2.23. The number of benzene rings is 1. The van der Waals surface area contributed by atoms with E-state index in [1.54, 1.807) is 26.8 Å². The van der Waals surface area contributed by atoms with Crippen molar-refractivity contribution in [1.82, 2.24) is 0 Å². The number of ether oxygens (including phenoxy) is 4. The van der Waals surface area contributed by atoms with E-state index in [-0.39, 0.29) is 31.3 Å². The maximum Gasteiger partial charge on any atom is 0.354 e. The lowest BCUT2D eigenvalue weighted by molar-refractivity contribution is -0.150. The third-order valence-corrected chi connectivity index (χ3v) is 7.34. The Morgan fingerprint density at radius 3 is 2.38 bits per heavy atom. The largest absolute Gasteiger partial charge is 0.464 e. The zero-order chi connectivity index (χ0) is 30.8. The van der Waals surface area contributed by atoms with Gasteiger partial charge in [-0.05, 0) is 69.7 Å². The number of aliphatic hydroxyl groups excluding tert-OH is 1. The number of hydrogen-bond donors (Lipinski definition) is 2. The van der Waals surface area contributed by atoms with Crippen LogP contribution in [-0.2, 0) is 28.5 Å². The Hall–Kier alpha value is -2.37. The summed E-state index contributed by atoms with van der Waals surface area (Å²) in [6.07, 6.45) is 6.84. The van der Waals surface area contributed by atoms with Gasteiger partial charge in [0.15, 0.2) is 0 Å². The van der Waals surface area contributed by atoms with E-state index in [0.29, 0.717) is 45.2 Å². The number of unbranched alkanes of at least 4 members (excludes halogenated alkanes) is 3. The van der Waals surface area contributed by atoms with Crippen molar-refractivity contribution in [1.29, 1.82) is 0 Å². The number of thiophene rings is 1. The minimum Gasteiger partial charge on any atom is -0.464 e. The van der Waals surface area contributed by atoms with Gasteiger partial charge < -0.3 is 34.7 Å². The number of rotatable bonds is 21. The molecule has 0 amide bonds. The second kappa shape index (κ2) is 19.7. The van der Waals surface area contributed by atoms with Crippen molar-refractivity contribution in [3.8, 4) is 0 Å². The van der Waals surface area contributed by atoms with Crippen LogP contribution in [0.3, 0.4) is 0 Å². The molecule has 1 aromatic heterocycles. The molecule has 0 saturated carbocycles. The fourth-order valence-electron chi connectivity index (χ4n) is 3.98. The predicted molar refractivity (Wildman–Crippen MR) is 170 cm³/mol. The first kappa shape index (κ1) is 35.8. The van der Waals surface area contributed by atoms with Crippen molar-refractivity contribution in [2.24, 2.45) is 5.73 Å². The number of aliphatic hydroxyl groups is 1. The fraction of sp³-hybridized carbons (Fsp3) is 0.613. The fourth-order valence-corrected chi connectivity index (χ4v) is 5.22. The van der Waals surface area contributed by atoms with Gasteiger partial charge >= 0.3 is 11.9 Å². The van der Waals surface area contributed by atoms with Gasteiger partial charge in [-0.3, -0.25) is 4.79 Å². The highest BCUT2D eigenvalue weighted by molar-refractivity contribution is 7.19. The van der Waals surface area contributed by atoms with Crippen molar-refractivity contribution in [2.45, 2.75) is 64.9 Å². The van der Waals surface area contributed by atoms with Gasteiger partial charge in [0.1, 0.15) is 17.9 Å². The Bertz CT molecular complexity index is 1120. The van der Waals surface area contributed by atoms with Gasteiger partial charge in [-0.25, -0.2) is 4.79 Å². The summed E-state index contributed by atoms with van der Waals surface area (Å²) in [5.74, 6) is -0.111. The third-order valence-electron chi connectivity index (χ3n) is 6.03. The van der Waals surface area contributed by atoms with Gasteiger partial charge in [0.05, 0.1) is 26.4 Å². The lowest BCUT2D eigenvalue weighted by Crippen LogP contribution is -2.31. The summed E-state index contributed by atoms with van der Waals surface area (Å²) in [4.78, 5) is 27.2. The number of anilines is 1. The van der Waals surface area contributed by atoms with E-state index in [9.17, 15) is 14.7 Å². The summed E-state index contributed by atoms with van der Waals surface area (Å²) in [6, 6.07) is 7.91. The summed E-state index contributed by atoms with van der Waals surface area (Å²) in [6.45, 7) is 8.67. The highest BCUT2D eigenvalue weighted by Gasteiger charge is 2.18. The summed E-state index contributed by atoms with van der Waals surface area (Å²) in [5, 5.41) is 10.6. The van der Waals surface area contributed by atoms with E-state index in [1.165, 1.54) is 11.3 Å². The molecule has 42 heavy (non-hydrogen) atoms. The molecule has 2 aromatic rings. The molecule has 3 N–H and O–H groups in total. The number of carbonyl (C=O) groups excluding carboxylic acids is 2. The monoisotopic (exact) mass is 626 g/mol. The number of alkyl halides is 1. The van der Waals surface area contributed by atoms with Crippen LogP contribution in [-0.4, -0.2) is 81.3 Å². The number of nitrogens with two attached hydrogens (primary N) is 1. The molecule has 11 heteroatoms. The summed E-state index contributed by atoms with van der Waals surface area (Å²) in [5.41, 5.74) is 6.28. The van der Waals surface area contributed by atoms with Crippen molar-refractivity contribution >= 4 is 56.7 Å². The average Bonchev–Trinajstić information content (AvgIpc) is 3.33. The molecule has 0 aliphatic rings. The molecule has 2 rings (SSSR count). The first-order chi connectivity index (χ1) is 20.1. The maximum atomic E-state index is 12.2. The minimum absolute atomic E-state index is 0.0358. The van der Waals surface area contributed by atoms with Crippen LogP contribution in [0.4, 0.5) is 5.69 Å². The molecule has 0 unspecified atom stereocenters. The Kier molecular flexibility index (Phi) is 16.8. The number of halogens is 1. The van der Waals surface area contributed by atoms with Gasteiger partial charge in [0.2, 0.25) is 0 Å². The average molecular weight is 627 g/mol. The predicted octanol–water partition coefficient (Wildman–Crippen LogP) is 5.50. The van der Waals surface area contributed by atoms with Crippen LogP contribution in [0.15, 0.2) is 30.0 Å². The zero-order valence-corrected chi connectivity index (χ0v) is 26.8. The van der Waals surface area contributed by atoms with E-state index in [2.05, 4.69) is 0 Å². The highest BCUT2D eigenvalue weighted by atomic mass is 35.5. The first-order valence-electron chi connectivity index (χ1n) is 14.6. The molecule has 0 fully saturated rings. The standard InChI is InChI=1S/C31H47ClN2O7S/c1-31(2,3)41-30(37)27(33)23-26-21-24-10-11-25(22-28(24)42-26)34(13-15-35)14-18-40-29(36)9-8-17-39-20-19-38-16-7-5-4-6-12-32/h10-11,21-23,35H,4-9,12-20,33H2,1-3H3/b27-23-. The molecular formula is C31H47ClN2O7S. The second-order valence-corrected chi connectivity index (χ2v) is 12.3. The van der Waals surface area contributed by atoms with Gasteiger partial charge in [0.25, 0.3) is 0 Å². The van der Waals surface area contributed by atoms with Crippen LogP contribution in [0, 0.1) is 0 Å². The summed E-state index contributed by atoms with van der Waals surface area (Å²) >= 11 is 7.16. The molecule has 0 aliphatic heterocycles. The minimum atomic E-state index is -0.622. The first-order valence-corrected chi connectivity index (χ1v) is 15.9. The smallest absolute Gasteiger partial charge is 0.354 e. The number of hydrogen-bond acceptors (Lipinski definition) is 10. The van der Waals surface area contributed by atoms with E-state index < -0.39 is 11.6 Å².